The van der Waals surface area contributed by atoms with E-state index in [4.69, 9.17) is 11.6 Å². The van der Waals surface area contributed by atoms with Crippen LogP contribution in [-0.4, -0.2) is 15.7 Å². The smallest absolute Gasteiger partial charge is 0.253 e. The minimum Gasteiger partial charge on any atom is -0.348 e. The van der Waals surface area contributed by atoms with E-state index in [0.29, 0.717) is 21.6 Å². The fourth-order valence-electron chi connectivity index (χ4n) is 1.52. The van der Waals surface area contributed by atoms with E-state index in [-0.39, 0.29) is 5.91 Å². The Labute approximate surface area is 118 Å². The van der Waals surface area contributed by atoms with E-state index < -0.39 is 0 Å². The van der Waals surface area contributed by atoms with E-state index in [1.165, 1.54) is 0 Å². The van der Waals surface area contributed by atoms with Gasteiger partial charge in [-0.25, -0.2) is 0 Å². The Morgan fingerprint density at radius 1 is 1.56 bits per heavy atom. The molecule has 0 unspecified atom stereocenters. The third kappa shape index (κ3) is 2.91. The molecule has 0 aliphatic rings. The summed E-state index contributed by atoms with van der Waals surface area (Å²) in [5.74, 6) is -0.204. The molecule has 1 aromatic carbocycles. The third-order valence-corrected chi connectivity index (χ3v) is 3.70. The van der Waals surface area contributed by atoms with Crippen molar-refractivity contribution in [2.24, 2.45) is 7.05 Å². The van der Waals surface area contributed by atoms with Gasteiger partial charge in [0.15, 0.2) is 0 Å². The first-order valence-electron chi connectivity index (χ1n) is 5.27. The van der Waals surface area contributed by atoms with Gasteiger partial charge in [-0.1, -0.05) is 17.7 Å². The van der Waals surface area contributed by atoms with Crippen molar-refractivity contribution in [3.05, 3.63) is 51.2 Å². The number of carbonyl (C=O) groups is 1. The maximum atomic E-state index is 12.0. The zero-order valence-corrected chi connectivity index (χ0v) is 12.0. The van der Waals surface area contributed by atoms with Crippen molar-refractivity contribution in [3.63, 3.8) is 0 Å². The number of halogens is 2. The molecule has 0 radical (unpaired) electrons. The SMILES string of the molecule is Cn1cc(CNC(=O)c2cccc(Br)c2Cl)cn1. The molecule has 0 saturated carbocycles. The summed E-state index contributed by atoms with van der Waals surface area (Å²) in [6, 6.07) is 5.25. The highest BCUT2D eigenvalue weighted by Crippen LogP contribution is 2.25. The van der Waals surface area contributed by atoms with Gasteiger partial charge in [0.1, 0.15) is 0 Å². The van der Waals surface area contributed by atoms with Crippen LogP contribution in [0, 0.1) is 0 Å². The van der Waals surface area contributed by atoms with Crippen LogP contribution in [0.15, 0.2) is 35.1 Å². The summed E-state index contributed by atoms with van der Waals surface area (Å²) in [5.41, 5.74) is 1.40. The van der Waals surface area contributed by atoms with E-state index in [2.05, 4.69) is 26.3 Å². The lowest BCUT2D eigenvalue weighted by atomic mass is 10.2. The Morgan fingerprint density at radius 3 is 3.00 bits per heavy atom. The van der Waals surface area contributed by atoms with Gasteiger partial charge >= 0.3 is 0 Å². The maximum absolute atomic E-state index is 12.0. The molecule has 1 amide bonds. The first-order chi connectivity index (χ1) is 8.58. The Balaban J connectivity index is 2.06. The second-order valence-electron chi connectivity index (χ2n) is 3.81. The van der Waals surface area contributed by atoms with Crippen LogP contribution in [0.2, 0.25) is 5.02 Å². The fraction of sp³-hybridized carbons (Fsp3) is 0.167. The molecule has 1 heterocycles. The molecule has 0 fully saturated rings. The molecule has 0 atom stereocenters. The maximum Gasteiger partial charge on any atom is 0.253 e. The molecule has 0 saturated heterocycles. The predicted molar refractivity (Wildman–Crippen MR) is 73.5 cm³/mol. The van der Waals surface area contributed by atoms with Crippen LogP contribution < -0.4 is 5.32 Å². The Kier molecular flexibility index (Phi) is 4.04. The van der Waals surface area contributed by atoms with Gasteiger partial charge < -0.3 is 5.32 Å². The topological polar surface area (TPSA) is 46.9 Å². The molecular weight excluding hydrogens is 318 g/mol. The van der Waals surface area contributed by atoms with Crippen LogP contribution in [0.5, 0.6) is 0 Å². The summed E-state index contributed by atoms with van der Waals surface area (Å²) >= 11 is 9.34. The molecule has 0 aliphatic heterocycles. The number of amides is 1. The van der Waals surface area contributed by atoms with E-state index >= 15 is 0 Å². The Hall–Kier alpha value is -1.33. The Bertz CT molecular complexity index is 582. The molecule has 4 nitrogen and oxygen atoms in total. The highest BCUT2D eigenvalue weighted by molar-refractivity contribution is 9.10. The molecule has 2 rings (SSSR count). The van der Waals surface area contributed by atoms with Gasteiger partial charge in [0.25, 0.3) is 5.91 Å². The zero-order valence-electron chi connectivity index (χ0n) is 9.65. The van der Waals surface area contributed by atoms with Crippen LogP contribution in [-0.2, 0) is 13.6 Å². The number of hydrogen-bond acceptors (Lipinski definition) is 2. The molecule has 94 valence electrons. The van der Waals surface area contributed by atoms with E-state index in [0.717, 1.165) is 5.56 Å². The first kappa shape index (κ1) is 13.1. The van der Waals surface area contributed by atoms with Gasteiger partial charge in [0.2, 0.25) is 0 Å². The summed E-state index contributed by atoms with van der Waals surface area (Å²) in [7, 11) is 1.83. The van der Waals surface area contributed by atoms with Gasteiger partial charge in [-0.05, 0) is 28.1 Å². The van der Waals surface area contributed by atoms with Crippen molar-refractivity contribution in [3.8, 4) is 0 Å². The number of nitrogens with zero attached hydrogens (tertiary/aromatic N) is 2. The van der Waals surface area contributed by atoms with Crippen molar-refractivity contribution in [1.82, 2.24) is 15.1 Å². The van der Waals surface area contributed by atoms with Gasteiger partial charge in [0.05, 0.1) is 16.8 Å². The zero-order chi connectivity index (χ0) is 13.1. The Morgan fingerprint density at radius 2 is 2.33 bits per heavy atom. The van der Waals surface area contributed by atoms with Crippen molar-refractivity contribution < 1.29 is 4.79 Å². The number of benzene rings is 1. The molecule has 0 spiro atoms. The summed E-state index contributed by atoms with van der Waals surface area (Å²) in [6.07, 6.45) is 3.56. The van der Waals surface area contributed by atoms with E-state index in [9.17, 15) is 4.79 Å². The summed E-state index contributed by atoms with van der Waals surface area (Å²) < 4.78 is 2.39. The summed E-state index contributed by atoms with van der Waals surface area (Å²) in [6.45, 7) is 0.426. The largest absolute Gasteiger partial charge is 0.348 e. The lowest BCUT2D eigenvalue weighted by molar-refractivity contribution is 0.0951. The van der Waals surface area contributed by atoms with Crippen molar-refractivity contribution >= 4 is 33.4 Å². The minimum atomic E-state index is -0.204. The number of rotatable bonds is 3. The lowest BCUT2D eigenvalue weighted by Crippen LogP contribution is -2.22. The van der Waals surface area contributed by atoms with Gasteiger partial charge in [0, 0.05) is 29.8 Å². The van der Waals surface area contributed by atoms with Gasteiger partial charge in [-0.2, -0.15) is 5.10 Å². The number of aromatic nitrogens is 2. The standard InChI is InChI=1S/C12H11BrClN3O/c1-17-7-8(6-16-17)5-15-12(18)9-3-2-4-10(13)11(9)14/h2-4,6-7H,5H2,1H3,(H,15,18). The predicted octanol–water partition coefficient (Wildman–Crippen LogP) is 2.77. The van der Waals surface area contributed by atoms with Crippen LogP contribution in [0.25, 0.3) is 0 Å². The quantitative estimate of drug-likeness (QED) is 0.942. The molecule has 1 N–H and O–H groups in total. The molecule has 0 aliphatic carbocycles. The first-order valence-corrected chi connectivity index (χ1v) is 6.45. The molecule has 18 heavy (non-hydrogen) atoms. The highest BCUT2D eigenvalue weighted by atomic mass is 79.9. The monoisotopic (exact) mass is 327 g/mol. The molecule has 1 aromatic heterocycles. The van der Waals surface area contributed by atoms with Crippen molar-refractivity contribution in [2.75, 3.05) is 0 Å². The second-order valence-corrected chi connectivity index (χ2v) is 5.04. The number of carbonyl (C=O) groups excluding carboxylic acids is 1. The average molecular weight is 329 g/mol. The van der Waals surface area contributed by atoms with E-state index in [1.54, 1.807) is 29.1 Å². The number of aryl methyl sites for hydroxylation is 1. The van der Waals surface area contributed by atoms with Crippen molar-refractivity contribution in [1.29, 1.82) is 0 Å². The third-order valence-electron chi connectivity index (χ3n) is 2.41. The molecule has 0 bridgehead atoms. The van der Waals surface area contributed by atoms with E-state index in [1.807, 2.05) is 13.2 Å². The van der Waals surface area contributed by atoms with Crippen LogP contribution in [0.3, 0.4) is 0 Å². The highest BCUT2D eigenvalue weighted by Gasteiger charge is 2.12. The average Bonchev–Trinajstić information content (AvgIpc) is 2.76. The fourth-order valence-corrected chi connectivity index (χ4v) is 2.10. The molecule has 2 aromatic rings. The van der Waals surface area contributed by atoms with Gasteiger partial charge in [-0.3, -0.25) is 9.48 Å². The number of nitrogens with one attached hydrogen (secondary N) is 1. The second kappa shape index (κ2) is 5.54. The lowest BCUT2D eigenvalue weighted by Gasteiger charge is -2.06. The number of hydrogen-bond donors (Lipinski definition) is 1. The van der Waals surface area contributed by atoms with Crippen molar-refractivity contribution in [2.45, 2.75) is 6.54 Å². The minimum absolute atomic E-state index is 0.204. The summed E-state index contributed by atoms with van der Waals surface area (Å²) in [4.78, 5) is 12.0. The van der Waals surface area contributed by atoms with Crippen LogP contribution >= 0.6 is 27.5 Å². The summed E-state index contributed by atoms with van der Waals surface area (Å²) in [5, 5.41) is 7.25. The molecule has 6 heteroatoms. The van der Waals surface area contributed by atoms with Gasteiger partial charge in [-0.15, -0.1) is 0 Å². The molecular formula is C12H11BrClN3O. The van der Waals surface area contributed by atoms with Crippen LogP contribution in [0.1, 0.15) is 15.9 Å². The van der Waals surface area contributed by atoms with Crippen LogP contribution in [0.4, 0.5) is 0 Å². The normalized spacial score (nSPS) is 10.4.